The van der Waals surface area contributed by atoms with Crippen molar-refractivity contribution in [1.29, 1.82) is 0 Å². The monoisotopic (exact) mass is 324 g/mol. The van der Waals surface area contributed by atoms with E-state index in [0.717, 1.165) is 6.26 Å². The molecule has 2 amide bonds. The van der Waals surface area contributed by atoms with Gasteiger partial charge in [0.05, 0.1) is 16.3 Å². The standard InChI is InChI=1S/C15H20N2O4S/c1-5-13(18)17-12-7-6-10(22(4,20)21)8-11(12)16-15(19)14(17)9(2)3/h6-9,14H,5H2,1-4H3,(H,16,19). The summed E-state index contributed by atoms with van der Waals surface area (Å²) in [4.78, 5) is 26.2. The van der Waals surface area contributed by atoms with Crippen LogP contribution in [0.15, 0.2) is 23.1 Å². The zero-order valence-corrected chi connectivity index (χ0v) is 13.9. The molecule has 6 nitrogen and oxygen atoms in total. The van der Waals surface area contributed by atoms with Crippen molar-refractivity contribution in [2.75, 3.05) is 16.5 Å². The number of nitrogens with one attached hydrogen (secondary N) is 1. The highest BCUT2D eigenvalue weighted by Crippen LogP contribution is 2.36. The van der Waals surface area contributed by atoms with Crippen LogP contribution in [0.4, 0.5) is 11.4 Å². The van der Waals surface area contributed by atoms with E-state index in [9.17, 15) is 18.0 Å². The largest absolute Gasteiger partial charge is 0.322 e. The number of sulfone groups is 1. The summed E-state index contributed by atoms with van der Waals surface area (Å²) >= 11 is 0. The van der Waals surface area contributed by atoms with E-state index in [4.69, 9.17) is 0 Å². The molecule has 7 heteroatoms. The van der Waals surface area contributed by atoms with Crippen molar-refractivity contribution in [3.63, 3.8) is 0 Å². The van der Waals surface area contributed by atoms with Crippen molar-refractivity contribution in [3.05, 3.63) is 18.2 Å². The number of anilines is 2. The minimum Gasteiger partial charge on any atom is -0.322 e. The molecule has 120 valence electrons. The average molecular weight is 324 g/mol. The number of fused-ring (bicyclic) bond motifs is 1. The molecule has 0 bridgehead atoms. The number of hydrogen-bond donors (Lipinski definition) is 1. The minimum absolute atomic E-state index is 0.0572. The summed E-state index contributed by atoms with van der Waals surface area (Å²) < 4.78 is 23.3. The second-order valence-corrected chi connectivity index (χ2v) is 7.76. The Kier molecular flexibility index (Phi) is 4.28. The third-order valence-corrected chi connectivity index (χ3v) is 4.77. The number of rotatable bonds is 3. The third kappa shape index (κ3) is 2.85. The van der Waals surface area contributed by atoms with Gasteiger partial charge in [0.1, 0.15) is 6.04 Å². The maximum atomic E-state index is 12.3. The van der Waals surface area contributed by atoms with E-state index < -0.39 is 15.9 Å². The molecule has 1 aliphatic heterocycles. The first-order valence-electron chi connectivity index (χ1n) is 7.13. The van der Waals surface area contributed by atoms with Gasteiger partial charge in [0, 0.05) is 12.7 Å². The molecule has 1 unspecified atom stereocenters. The van der Waals surface area contributed by atoms with Crippen molar-refractivity contribution >= 4 is 33.0 Å². The first-order valence-corrected chi connectivity index (χ1v) is 9.03. The maximum Gasteiger partial charge on any atom is 0.247 e. The van der Waals surface area contributed by atoms with E-state index in [2.05, 4.69) is 5.32 Å². The molecule has 1 heterocycles. The number of carbonyl (C=O) groups excluding carboxylic acids is 2. The lowest BCUT2D eigenvalue weighted by atomic mass is 9.97. The number of nitrogens with zero attached hydrogens (tertiary/aromatic N) is 1. The van der Waals surface area contributed by atoms with Crippen molar-refractivity contribution in [2.24, 2.45) is 5.92 Å². The van der Waals surface area contributed by atoms with Crippen LogP contribution in [-0.4, -0.2) is 32.5 Å². The number of amides is 2. The number of carbonyl (C=O) groups is 2. The summed E-state index contributed by atoms with van der Waals surface area (Å²) in [5, 5.41) is 2.72. The van der Waals surface area contributed by atoms with Crippen molar-refractivity contribution in [1.82, 2.24) is 0 Å². The lowest BCUT2D eigenvalue weighted by Gasteiger charge is -2.38. The zero-order chi connectivity index (χ0) is 16.7. The molecule has 0 saturated carbocycles. The summed E-state index contributed by atoms with van der Waals surface area (Å²) in [5.41, 5.74) is 0.893. The molecule has 1 aliphatic rings. The second-order valence-electron chi connectivity index (χ2n) is 5.75. The Morgan fingerprint density at radius 1 is 1.36 bits per heavy atom. The molecular weight excluding hydrogens is 304 g/mol. The van der Waals surface area contributed by atoms with Crippen LogP contribution < -0.4 is 10.2 Å². The van der Waals surface area contributed by atoms with Gasteiger partial charge in [0.25, 0.3) is 0 Å². The summed E-state index contributed by atoms with van der Waals surface area (Å²) in [6.07, 6.45) is 1.37. The van der Waals surface area contributed by atoms with Gasteiger partial charge in [-0.15, -0.1) is 0 Å². The molecule has 1 aromatic rings. The fourth-order valence-electron chi connectivity index (χ4n) is 2.59. The Bertz CT molecular complexity index is 725. The SMILES string of the molecule is CCC(=O)N1c2ccc(S(C)(=O)=O)cc2NC(=O)C1C(C)C. The molecule has 0 radical (unpaired) electrons. The van der Waals surface area contributed by atoms with Gasteiger partial charge in [-0.1, -0.05) is 20.8 Å². The van der Waals surface area contributed by atoms with Gasteiger partial charge in [-0.25, -0.2) is 8.42 Å². The Morgan fingerprint density at radius 3 is 2.50 bits per heavy atom. The summed E-state index contributed by atoms with van der Waals surface area (Å²) in [6, 6.07) is 3.84. The zero-order valence-electron chi connectivity index (χ0n) is 13.1. The van der Waals surface area contributed by atoms with Gasteiger partial charge in [-0.3, -0.25) is 14.5 Å². The first-order chi connectivity index (χ1) is 10.2. The van der Waals surface area contributed by atoms with E-state index >= 15 is 0 Å². The van der Waals surface area contributed by atoms with E-state index in [0.29, 0.717) is 11.4 Å². The van der Waals surface area contributed by atoms with Crippen LogP contribution in [0.2, 0.25) is 0 Å². The van der Waals surface area contributed by atoms with Crippen molar-refractivity contribution in [2.45, 2.75) is 38.1 Å². The minimum atomic E-state index is -3.38. The highest BCUT2D eigenvalue weighted by Gasteiger charge is 2.38. The molecule has 22 heavy (non-hydrogen) atoms. The van der Waals surface area contributed by atoms with E-state index in [1.165, 1.54) is 17.0 Å². The lowest BCUT2D eigenvalue weighted by Crippen LogP contribution is -2.53. The molecule has 1 N–H and O–H groups in total. The Labute approximate surface area is 130 Å². The third-order valence-electron chi connectivity index (χ3n) is 3.66. The second kappa shape index (κ2) is 5.72. The molecule has 0 aliphatic carbocycles. The highest BCUT2D eigenvalue weighted by molar-refractivity contribution is 7.90. The molecule has 0 spiro atoms. The molecule has 0 saturated heterocycles. The van der Waals surface area contributed by atoms with Crippen LogP contribution >= 0.6 is 0 Å². The van der Waals surface area contributed by atoms with Crippen molar-refractivity contribution in [3.8, 4) is 0 Å². The topological polar surface area (TPSA) is 83.6 Å². The summed E-state index contributed by atoms with van der Waals surface area (Å²) in [6.45, 7) is 5.48. The Morgan fingerprint density at radius 2 is 2.00 bits per heavy atom. The van der Waals surface area contributed by atoms with Crippen molar-refractivity contribution < 1.29 is 18.0 Å². The molecule has 1 aromatic carbocycles. The van der Waals surface area contributed by atoms with Gasteiger partial charge >= 0.3 is 0 Å². The molecule has 1 atom stereocenters. The number of benzene rings is 1. The van der Waals surface area contributed by atoms with Gasteiger partial charge < -0.3 is 5.32 Å². The predicted octanol–water partition coefficient (Wildman–Crippen LogP) is 1.81. The quantitative estimate of drug-likeness (QED) is 0.919. The molecule has 2 rings (SSSR count). The molecular formula is C15H20N2O4S. The lowest BCUT2D eigenvalue weighted by molar-refractivity contribution is -0.124. The number of hydrogen-bond acceptors (Lipinski definition) is 4. The van der Waals surface area contributed by atoms with Crippen LogP contribution in [0, 0.1) is 5.92 Å². The molecule has 0 fully saturated rings. The Balaban J connectivity index is 2.62. The van der Waals surface area contributed by atoms with E-state index in [-0.39, 0.29) is 29.0 Å². The summed E-state index contributed by atoms with van der Waals surface area (Å²) in [7, 11) is -3.38. The molecule has 0 aromatic heterocycles. The first kappa shape index (κ1) is 16.5. The van der Waals surface area contributed by atoms with Gasteiger partial charge in [0.2, 0.25) is 11.8 Å². The van der Waals surface area contributed by atoms with Crippen LogP contribution in [-0.2, 0) is 19.4 Å². The van der Waals surface area contributed by atoms with Crippen LogP contribution in [0.1, 0.15) is 27.2 Å². The summed E-state index contributed by atoms with van der Waals surface area (Å²) in [5.74, 6) is -0.518. The Hall–Kier alpha value is -1.89. The van der Waals surface area contributed by atoms with Gasteiger partial charge in [0.15, 0.2) is 9.84 Å². The van der Waals surface area contributed by atoms with Crippen LogP contribution in [0.25, 0.3) is 0 Å². The van der Waals surface area contributed by atoms with Gasteiger partial charge in [-0.2, -0.15) is 0 Å². The highest BCUT2D eigenvalue weighted by atomic mass is 32.2. The maximum absolute atomic E-state index is 12.3. The van der Waals surface area contributed by atoms with Crippen LogP contribution in [0.5, 0.6) is 0 Å². The fraction of sp³-hybridized carbons (Fsp3) is 0.467. The average Bonchev–Trinajstić information content (AvgIpc) is 2.42. The smallest absolute Gasteiger partial charge is 0.247 e. The normalized spacial score (nSPS) is 18.1. The van der Waals surface area contributed by atoms with Crippen LogP contribution in [0.3, 0.4) is 0 Å². The van der Waals surface area contributed by atoms with Gasteiger partial charge in [-0.05, 0) is 24.1 Å². The van der Waals surface area contributed by atoms with E-state index in [1.807, 2.05) is 13.8 Å². The predicted molar refractivity (Wildman–Crippen MR) is 84.6 cm³/mol. The van der Waals surface area contributed by atoms with E-state index in [1.54, 1.807) is 13.0 Å². The fourth-order valence-corrected chi connectivity index (χ4v) is 3.24.